The Kier molecular flexibility index (Phi) is 3.21. The van der Waals surface area contributed by atoms with Crippen LogP contribution in [0.25, 0.3) is 11.0 Å². The standard InChI is InChI=1S/C14H18N4O/c1-18(10-7-8-15-9-10)13-14(19-2)17-12-6-4-3-5-11(12)16-13/h3-6,10,15H,7-9H2,1-2H3. The number of rotatable bonds is 3. The van der Waals surface area contributed by atoms with Gasteiger partial charge in [0.1, 0.15) is 0 Å². The number of benzene rings is 1. The zero-order chi connectivity index (χ0) is 13.2. The number of anilines is 1. The van der Waals surface area contributed by atoms with Crippen LogP contribution < -0.4 is 15.0 Å². The Morgan fingerprint density at radius 1 is 1.26 bits per heavy atom. The molecular formula is C14H18N4O. The molecule has 100 valence electrons. The molecule has 1 saturated heterocycles. The van der Waals surface area contributed by atoms with Crippen molar-refractivity contribution >= 4 is 16.9 Å². The Hall–Kier alpha value is -1.88. The number of hydrogen-bond donors (Lipinski definition) is 1. The van der Waals surface area contributed by atoms with Gasteiger partial charge >= 0.3 is 0 Å². The first kappa shape index (κ1) is 12.2. The van der Waals surface area contributed by atoms with Gasteiger partial charge in [0.2, 0.25) is 0 Å². The van der Waals surface area contributed by atoms with Crippen molar-refractivity contribution in [3.05, 3.63) is 24.3 Å². The van der Waals surface area contributed by atoms with Gasteiger partial charge in [-0.05, 0) is 25.1 Å². The van der Waals surface area contributed by atoms with E-state index >= 15 is 0 Å². The molecule has 0 amide bonds. The zero-order valence-electron chi connectivity index (χ0n) is 11.3. The fourth-order valence-electron chi connectivity index (χ4n) is 2.48. The molecule has 1 aromatic heterocycles. The summed E-state index contributed by atoms with van der Waals surface area (Å²) in [6.07, 6.45) is 1.12. The minimum atomic E-state index is 0.448. The predicted molar refractivity (Wildman–Crippen MR) is 75.8 cm³/mol. The van der Waals surface area contributed by atoms with Gasteiger partial charge in [-0.1, -0.05) is 12.1 Å². The molecule has 0 saturated carbocycles. The van der Waals surface area contributed by atoms with E-state index in [1.54, 1.807) is 7.11 Å². The predicted octanol–water partition coefficient (Wildman–Crippen LogP) is 1.44. The largest absolute Gasteiger partial charge is 0.478 e. The maximum atomic E-state index is 5.40. The van der Waals surface area contributed by atoms with E-state index in [4.69, 9.17) is 9.72 Å². The van der Waals surface area contributed by atoms with E-state index in [-0.39, 0.29) is 0 Å². The summed E-state index contributed by atoms with van der Waals surface area (Å²) in [6, 6.07) is 8.31. The minimum absolute atomic E-state index is 0.448. The van der Waals surface area contributed by atoms with Crippen molar-refractivity contribution in [3.8, 4) is 5.88 Å². The SMILES string of the molecule is COc1nc2ccccc2nc1N(C)C1CCNC1. The summed E-state index contributed by atoms with van der Waals surface area (Å²) < 4.78 is 5.40. The third kappa shape index (κ3) is 2.21. The molecule has 19 heavy (non-hydrogen) atoms. The molecular weight excluding hydrogens is 240 g/mol. The second kappa shape index (κ2) is 5.01. The molecule has 1 aliphatic heterocycles. The van der Waals surface area contributed by atoms with E-state index in [1.807, 2.05) is 24.3 Å². The molecule has 5 heteroatoms. The normalized spacial score (nSPS) is 18.7. The molecule has 0 aliphatic carbocycles. The number of nitrogens with zero attached hydrogens (tertiary/aromatic N) is 3. The van der Waals surface area contributed by atoms with Crippen LogP contribution in [0.2, 0.25) is 0 Å². The lowest BCUT2D eigenvalue weighted by Crippen LogP contribution is -2.34. The number of aromatic nitrogens is 2. The first-order chi connectivity index (χ1) is 9.29. The van der Waals surface area contributed by atoms with Gasteiger partial charge in [-0.15, -0.1) is 0 Å². The van der Waals surface area contributed by atoms with Crippen LogP contribution in [0.4, 0.5) is 5.82 Å². The lowest BCUT2D eigenvalue weighted by molar-refractivity contribution is 0.396. The van der Waals surface area contributed by atoms with E-state index in [0.717, 1.165) is 36.4 Å². The highest BCUT2D eigenvalue weighted by Gasteiger charge is 2.23. The van der Waals surface area contributed by atoms with Crippen LogP contribution in [0.1, 0.15) is 6.42 Å². The van der Waals surface area contributed by atoms with Crippen molar-refractivity contribution < 1.29 is 4.74 Å². The van der Waals surface area contributed by atoms with E-state index in [0.29, 0.717) is 11.9 Å². The lowest BCUT2D eigenvalue weighted by Gasteiger charge is -2.25. The van der Waals surface area contributed by atoms with Crippen molar-refractivity contribution in [2.24, 2.45) is 0 Å². The van der Waals surface area contributed by atoms with Gasteiger partial charge < -0.3 is 15.0 Å². The molecule has 5 nitrogen and oxygen atoms in total. The van der Waals surface area contributed by atoms with Gasteiger partial charge in [0.15, 0.2) is 5.82 Å². The van der Waals surface area contributed by atoms with Crippen LogP contribution in [0.5, 0.6) is 5.88 Å². The molecule has 0 spiro atoms. The van der Waals surface area contributed by atoms with Crippen molar-refractivity contribution in [1.82, 2.24) is 15.3 Å². The molecule has 1 fully saturated rings. The van der Waals surface area contributed by atoms with Gasteiger partial charge in [0, 0.05) is 19.6 Å². The first-order valence-corrected chi connectivity index (χ1v) is 6.54. The Balaban J connectivity index is 2.05. The minimum Gasteiger partial charge on any atom is -0.478 e. The maximum Gasteiger partial charge on any atom is 0.257 e. The number of para-hydroxylation sites is 2. The van der Waals surface area contributed by atoms with Crippen LogP contribution in [0.15, 0.2) is 24.3 Å². The highest BCUT2D eigenvalue weighted by molar-refractivity contribution is 5.77. The fourth-order valence-corrected chi connectivity index (χ4v) is 2.48. The first-order valence-electron chi connectivity index (χ1n) is 6.54. The monoisotopic (exact) mass is 258 g/mol. The average molecular weight is 258 g/mol. The van der Waals surface area contributed by atoms with Gasteiger partial charge in [0.25, 0.3) is 5.88 Å². The smallest absolute Gasteiger partial charge is 0.257 e. The molecule has 3 rings (SSSR count). The summed E-state index contributed by atoms with van der Waals surface area (Å²) in [7, 11) is 3.70. The van der Waals surface area contributed by atoms with E-state index < -0.39 is 0 Å². The van der Waals surface area contributed by atoms with Crippen molar-refractivity contribution in [1.29, 1.82) is 0 Å². The molecule has 0 bridgehead atoms. The number of fused-ring (bicyclic) bond motifs is 1. The van der Waals surface area contributed by atoms with Crippen molar-refractivity contribution in [2.45, 2.75) is 12.5 Å². The molecule has 0 radical (unpaired) electrons. The summed E-state index contributed by atoms with van der Waals surface area (Å²) in [5.41, 5.74) is 1.76. The Bertz CT molecular complexity index is 581. The zero-order valence-corrected chi connectivity index (χ0v) is 11.3. The van der Waals surface area contributed by atoms with E-state index in [1.165, 1.54) is 0 Å². The fraction of sp³-hybridized carbons (Fsp3) is 0.429. The van der Waals surface area contributed by atoms with E-state index in [2.05, 4.69) is 22.2 Å². The van der Waals surface area contributed by atoms with Crippen molar-refractivity contribution in [2.75, 3.05) is 32.1 Å². The summed E-state index contributed by atoms with van der Waals surface area (Å²) in [6.45, 7) is 2.03. The van der Waals surface area contributed by atoms with Gasteiger partial charge in [-0.2, -0.15) is 0 Å². The Labute approximate surface area is 112 Å². The second-order valence-electron chi connectivity index (χ2n) is 4.80. The summed E-state index contributed by atoms with van der Waals surface area (Å²) in [5, 5.41) is 3.37. The van der Waals surface area contributed by atoms with Crippen LogP contribution in [-0.2, 0) is 0 Å². The highest BCUT2D eigenvalue weighted by Crippen LogP contribution is 2.28. The van der Waals surface area contributed by atoms with Crippen LogP contribution >= 0.6 is 0 Å². The third-order valence-corrected chi connectivity index (χ3v) is 3.63. The lowest BCUT2D eigenvalue weighted by atomic mass is 10.2. The molecule has 1 atom stereocenters. The molecule has 1 N–H and O–H groups in total. The highest BCUT2D eigenvalue weighted by atomic mass is 16.5. The Morgan fingerprint density at radius 2 is 2.00 bits per heavy atom. The molecule has 1 aromatic carbocycles. The summed E-state index contributed by atoms with van der Waals surface area (Å²) >= 11 is 0. The van der Waals surface area contributed by atoms with Crippen LogP contribution in [0, 0.1) is 0 Å². The number of ether oxygens (including phenoxy) is 1. The van der Waals surface area contributed by atoms with Crippen LogP contribution in [-0.4, -0.2) is 43.3 Å². The van der Waals surface area contributed by atoms with Crippen LogP contribution in [0.3, 0.4) is 0 Å². The maximum absolute atomic E-state index is 5.40. The number of likely N-dealkylation sites (N-methyl/N-ethyl adjacent to an activating group) is 1. The average Bonchev–Trinajstić information content (AvgIpc) is 2.99. The quantitative estimate of drug-likeness (QED) is 0.902. The number of methoxy groups -OCH3 is 1. The number of nitrogens with one attached hydrogen (secondary N) is 1. The van der Waals surface area contributed by atoms with E-state index in [9.17, 15) is 0 Å². The van der Waals surface area contributed by atoms with Gasteiger partial charge in [0.05, 0.1) is 18.1 Å². The topological polar surface area (TPSA) is 50.3 Å². The summed E-state index contributed by atoms with van der Waals surface area (Å²) in [5.74, 6) is 1.41. The van der Waals surface area contributed by atoms with Crippen molar-refractivity contribution in [3.63, 3.8) is 0 Å². The second-order valence-corrected chi connectivity index (χ2v) is 4.80. The number of hydrogen-bond acceptors (Lipinski definition) is 5. The third-order valence-electron chi connectivity index (χ3n) is 3.63. The molecule has 1 aliphatic rings. The van der Waals surface area contributed by atoms with Gasteiger partial charge in [-0.3, -0.25) is 0 Å². The Morgan fingerprint density at radius 3 is 2.63 bits per heavy atom. The molecule has 2 aromatic rings. The summed E-state index contributed by atoms with van der Waals surface area (Å²) in [4.78, 5) is 11.4. The molecule has 1 unspecified atom stereocenters. The molecule has 2 heterocycles. The van der Waals surface area contributed by atoms with Gasteiger partial charge in [-0.25, -0.2) is 9.97 Å².